The molecule has 0 amide bonds. The molecule has 0 radical (unpaired) electrons. The van der Waals surface area contributed by atoms with Gasteiger partial charge in [-0.3, -0.25) is 9.78 Å². The van der Waals surface area contributed by atoms with Crippen LogP contribution in [0.4, 0.5) is 5.95 Å². The summed E-state index contributed by atoms with van der Waals surface area (Å²) in [5.74, 6) is 2.25. The normalized spacial score (nSPS) is 19.2. The van der Waals surface area contributed by atoms with Gasteiger partial charge in [-0.2, -0.15) is 10.1 Å². The fourth-order valence-electron chi connectivity index (χ4n) is 3.04. The number of hydrogen-bond acceptors (Lipinski definition) is 5. The van der Waals surface area contributed by atoms with E-state index < -0.39 is 0 Å². The molecule has 114 valence electrons. The molecule has 0 bridgehead atoms. The molecule has 7 heteroatoms. The van der Waals surface area contributed by atoms with E-state index in [0.29, 0.717) is 5.92 Å². The van der Waals surface area contributed by atoms with Crippen LogP contribution in [-0.2, 0) is 7.05 Å². The van der Waals surface area contributed by atoms with E-state index >= 15 is 0 Å². The minimum absolute atomic E-state index is 0.671. The molecule has 0 spiro atoms. The molecule has 1 aliphatic rings. The first kappa shape index (κ1) is 14.1. The molecule has 1 saturated heterocycles. The van der Waals surface area contributed by atoms with E-state index in [4.69, 9.17) is 0 Å². The standard InChI is InChI=1S/C14H23N7/c1-10-7-12(20(3)19-10)13-16-14(18-17-13)21-6-4-5-11(9-21)8-15-2/h7,11,15H,4-6,8-9H2,1-3H3,(H,16,17,18). The van der Waals surface area contributed by atoms with Crippen molar-refractivity contribution in [1.82, 2.24) is 30.3 Å². The Morgan fingerprint density at radius 1 is 1.48 bits per heavy atom. The average molecular weight is 289 g/mol. The number of piperidine rings is 1. The lowest BCUT2D eigenvalue weighted by Gasteiger charge is -2.31. The summed E-state index contributed by atoms with van der Waals surface area (Å²) in [6.07, 6.45) is 2.47. The molecule has 1 aliphatic heterocycles. The van der Waals surface area contributed by atoms with Crippen LogP contribution in [0, 0.1) is 12.8 Å². The maximum atomic E-state index is 4.65. The molecule has 3 heterocycles. The lowest BCUT2D eigenvalue weighted by molar-refractivity contribution is 0.399. The van der Waals surface area contributed by atoms with Crippen molar-refractivity contribution in [2.24, 2.45) is 13.0 Å². The van der Waals surface area contributed by atoms with E-state index in [-0.39, 0.29) is 0 Å². The Morgan fingerprint density at radius 3 is 3.05 bits per heavy atom. The van der Waals surface area contributed by atoms with E-state index in [2.05, 4.69) is 30.5 Å². The number of nitrogens with one attached hydrogen (secondary N) is 2. The summed E-state index contributed by atoms with van der Waals surface area (Å²) in [5, 5.41) is 15.0. The van der Waals surface area contributed by atoms with Crippen LogP contribution in [-0.4, -0.2) is 51.6 Å². The number of aromatic nitrogens is 5. The smallest absolute Gasteiger partial charge is 0.245 e. The van der Waals surface area contributed by atoms with Gasteiger partial charge in [0.1, 0.15) is 5.69 Å². The van der Waals surface area contributed by atoms with Crippen LogP contribution in [0.2, 0.25) is 0 Å². The SMILES string of the molecule is CNCC1CCCN(c2n[nH]c(-c3cc(C)nn3C)n2)C1. The maximum absolute atomic E-state index is 4.65. The fourth-order valence-corrected chi connectivity index (χ4v) is 3.04. The van der Waals surface area contributed by atoms with E-state index in [1.54, 1.807) is 0 Å². The summed E-state index contributed by atoms with van der Waals surface area (Å²) in [4.78, 5) is 6.92. The van der Waals surface area contributed by atoms with Crippen molar-refractivity contribution in [1.29, 1.82) is 0 Å². The third-order valence-corrected chi connectivity index (χ3v) is 4.01. The highest BCUT2D eigenvalue weighted by atomic mass is 15.4. The molecular formula is C14H23N7. The summed E-state index contributed by atoms with van der Waals surface area (Å²) in [5.41, 5.74) is 1.95. The number of anilines is 1. The minimum Gasteiger partial charge on any atom is -0.339 e. The lowest BCUT2D eigenvalue weighted by Crippen LogP contribution is -2.39. The summed E-state index contributed by atoms with van der Waals surface area (Å²) in [7, 11) is 3.93. The first-order chi connectivity index (χ1) is 10.2. The zero-order valence-corrected chi connectivity index (χ0v) is 12.9. The molecule has 1 atom stereocenters. The average Bonchev–Trinajstić information content (AvgIpc) is 3.06. The van der Waals surface area contributed by atoms with Crippen LogP contribution < -0.4 is 10.2 Å². The highest BCUT2D eigenvalue weighted by molar-refractivity contribution is 5.52. The van der Waals surface area contributed by atoms with Gasteiger partial charge in [0.2, 0.25) is 5.95 Å². The monoisotopic (exact) mass is 289 g/mol. The first-order valence-corrected chi connectivity index (χ1v) is 7.50. The highest BCUT2D eigenvalue weighted by Gasteiger charge is 2.22. The Kier molecular flexibility index (Phi) is 3.92. The number of aryl methyl sites for hydroxylation is 2. The van der Waals surface area contributed by atoms with Gasteiger partial charge in [0.05, 0.1) is 5.69 Å². The van der Waals surface area contributed by atoms with Crippen molar-refractivity contribution in [2.75, 3.05) is 31.6 Å². The molecule has 2 N–H and O–H groups in total. The molecule has 0 aromatic carbocycles. The van der Waals surface area contributed by atoms with Crippen LogP contribution in [0.3, 0.4) is 0 Å². The topological polar surface area (TPSA) is 74.7 Å². The van der Waals surface area contributed by atoms with Crippen molar-refractivity contribution in [3.63, 3.8) is 0 Å². The highest BCUT2D eigenvalue weighted by Crippen LogP contribution is 2.22. The van der Waals surface area contributed by atoms with Crippen molar-refractivity contribution in [2.45, 2.75) is 19.8 Å². The van der Waals surface area contributed by atoms with Gasteiger partial charge in [0.15, 0.2) is 5.82 Å². The Morgan fingerprint density at radius 2 is 2.33 bits per heavy atom. The first-order valence-electron chi connectivity index (χ1n) is 7.50. The third kappa shape index (κ3) is 2.92. The molecule has 0 aliphatic carbocycles. The third-order valence-electron chi connectivity index (χ3n) is 4.01. The molecule has 3 rings (SSSR count). The maximum Gasteiger partial charge on any atom is 0.245 e. The molecule has 0 saturated carbocycles. The minimum atomic E-state index is 0.671. The lowest BCUT2D eigenvalue weighted by atomic mass is 9.98. The van der Waals surface area contributed by atoms with Crippen LogP contribution in [0.15, 0.2) is 6.07 Å². The Balaban J connectivity index is 1.77. The van der Waals surface area contributed by atoms with Gasteiger partial charge in [-0.15, -0.1) is 5.10 Å². The van der Waals surface area contributed by atoms with Crippen LogP contribution in [0.5, 0.6) is 0 Å². The van der Waals surface area contributed by atoms with Crippen LogP contribution >= 0.6 is 0 Å². The number of hydrogen-bond donors (Lipinski definition) is 2. The Hall–Kier alpha value is -1.89. The molecule has 2 aromatic rings. The van der Waals surface area contributed by atoms with Gasteiger partial charge in [0.25, 0.3) is 0 Å². The summed E-state index contributed by atoms with van der Waals surface area (Å²) in [6, 6.07) is 2.02. The van der Waals surface area contributed by atoms with E-state index in [0.717, 1.165) is 42.8 Å². The second-order valence-electron chi connectivity index (χ2n) is 5.79. The summed E-state index contributed by atoms with van der Waals surface area (Å²) in [6.45, 7) is 5.08. The van der Waals surface area contributed by atoms with Crippen LogP contribution in [0.1, 0.15) is 18.5 Å². The molecule has 1 unspecified atom stereocenters. The molecule has 7 nitrogen and oxygen atoms in total. The van der Waals surface area contributed by atoms with Crippen LogP contribution in [0.25, 0.3) is 11.5 Å². The van der Waals surface area contributed by atoms with Gasteiger partial charge in [-0.05, 0) is 45.3 Å². The zero-order valence-electron chi connectivity index (χ0n) is 12.9. The van der Waals surface area contributed by atoms with E-state index in [1.807, 2.05) is 31.8 Å². The van der Waals surface area contributed by atoms with Crippen molar-refractivity contribution in [3.05, 3.63) is 11.8 Å². The van der Waals surface area contributed by atoms with Gasteiger partial charge < -0.3 is 10.2 Å². The number of nitrogens with zero attached hydrogens (tertiary/aromatic N) is 5. The van der Waals surface area contributed by atoms with E-state index in [1.165, 1.54) is 12.8 Å². The quantitative estimate of drug-likeness (QED) is 0.876. The van der Waals surface area contributed by atoms with Gasteiger partial charge >= 0.3 is 0 Å². The second kappa shape index (κ2) is 5.85. The number of aromatic amines is 1. The summed E-state index contributed by atoms with van der Waals surface area (Å²) < 4.78 is 1.83. The van der Waals surface area contributed by atoms with Gasteiger partial charge in [-0.1, -0.05) is 0 Å². The van der Waals surface area contributed by atoms with Crippen molar-refractivity contribution >= 4 is 5.95 Å². The Labute approximate surface area is 124 Å². The van der Waals surface area contributed by atoms with Gasteiger partial charge in [-0.25, -0.2) is 0 Å². The fraction of sp³-hybridized carbons (Fsp3) is 0.643. The van der Waals surface area contributed by atoms with E-state index in [9.17, 15) is 0 Å². The zero-order chi connectivity index (χ0) is 14.8. The number of H-pyrrole nitrogens is 1. The van der Waals surface area contributed by atoms with Crippen molar-refractivity contribution in [3.8, 4) is 11.5 Å². The van der Waals surface area contributed by atoms with Crippen molar-refractivity contribution < 1.29 is 0 Å². The molecule has 21 heavy (non-hydrogen) atoms. The predicted molar refractivity (Wildman–Crippen MR) is 82.2 cm³/mol. The molecule has 2 aromatic heterocycles. The molecule has 1 fully saturated rings. The molecular weight excluding hydrogens is 266 g/mol. The second-order valence-corrected chi connectivity index (χ2v) is 5.79. The number of rotatable bonds is 4. The predicted octanol–water partition coefficient (Wildman–Crippen LogP) is 0.949. The van der Waals surface area contributed by atoms with Gasteiger partial charge in [0, 0.05) is 20.1 Å². The Bertz CT molecular complexity index is 598. The largest absolute Gasteiger partial charge is 0.339 e. The summed E-state index contributed by atoms with van der Waals surface area (Å²) >= 11 is 0.